The van der Waals surface area contributed by atoms with Gasteiger partial charge in [-0.1, -0.05) is 74.7 Å². The van der Waals surface area contributed by atoms with Crippen LogP contribution in [-0.2, 0) is 14.3 Å². The van der Waals surface area contributed by atoms with Gasteiger partial charge in [-0.05, 0) is 48.4 Å². The highest BCUT2D eigenvalue weighted by molar-refractivity contribution is 5.88. The summed E-state index contributed by atoms with van der Waals surface area (Å²) in [6, 6.07) is 15.9. The summed E-state index contributed by atoms with van der Waals surface area (Å²) in [6.07, 6.45) is 3.69. The van der Waals surface area contributed by atoms with Gasteiger partial charge in [-0.2, -0.15) is 0 Å². The molecule has 2 aliphatic rings. The Morgan fingerprint density at radius 2 is 1.57 bits per heavy atom. The minimum atomic E-state index is -1.34. The van der Waals surface area contributed by atoms with Crippen LogP contribution in [0.25, 0.3) is 11.1 Å². The summed E-state index contributed by atoms with van der Waals surface area (Å²) in [7, 11) is 0. The van der Waals surface area contributed by atoms with Crippen LogP contribution in [0, 0.1) is 5.92 Å². The van der Waals surface area contributed by atoms with Gasteiger partial charge in [0.2, 0.25) is 5.91 Å². The molecule has 0 saturated heterocycles. The first-order chi connectivity index (χ1) is 16.8. The summed E-state index contributed by atoms with van der Waals surface area (Å²) in [6.45, 7) is 3.45. The van der Waals surface area contributed by atoms with E-state index in [4.69, 9.17) is 4.74 Å². The number of carboxylic acids is 1. The maximum Gasteiger partial charge on any atom is 0.407 e. The first-order valence-corrected chi connectivity index (χ1v) is 12.5. The van der Waals surface area contributed by atoms with Crippen LogP contribution in [-0.4, -0.2) is 41.3 Å². The van der Waals surface area contributed by atoms with Gasteiger partial charge in [0, 0.05) is 12.0 Å². The second-order valence-electron chi connectivity index (χ2n) is 9.80. The van der Waals surface area contributed by atoms with Gasteiger partial charge in [0.25, 0.3) is 0 Å². The SMILES string of the molecule is CCC(C)(NC(=O)C1CCCCCC1NC(=O)OCC1c2ccccc2-c2ccccc21)C(=O)O. The molecule has 0 bridgehead atoms. The fraction of sp³-hybridized carbons (Fsp3) is 0.464. The second-order valence-corrected chi connectivity index (χ2v) is 9.80. The van der Waals surface area contributed by atoms with Crippen molar-refractivity contribution in [1.82, 2.24) is 10.6 Å². The molecule has 7 nitrogen and oxygen atoms in total. The third-order valence-electron chi connectivity index (χ3n) is 7.58. The average Bonchev–Trinajstić information content (AvgIpc) is 2.98. The zero-order valence-electron chi connectivity index (χ0n) is 20.4. The van der Waals surface area contributed by atoms with Crippen LogP contribution in [0.3, 0.4) is 0 Å². The molecule has 3 unspecified atom stereocenters. The predicted octanol–water partition coefficient (Wildman–Crippen LogP) is 4.84. The van der Waals surface area contributed by atoms with E-state index < -0.39 is 29.6 Å². The first-order valence-electron chi connectivity index (χ1n) is 12.5. The minimum absolute atomic E-state index is 0.0396. The van der Waals surface area contributed by atoms with Gasteiger partial charge in [0.05, 0.1) is 5.92 Å². The largest absolute Gasteiger partial charge is 0.480 e. The number of carbonyl (C=O) groups is 3. The van der Waals surface area contributed by atoms with Gasteiger partial charge in [-0.15, -0.1) is 0 Å². The van der Waals surface area contributed by atoms with Crippen molar-refractivity contribution in [1.29, 1.82) is 0 Å². The van der Waals surface area contributed by atoms with Crippen LogP contribution in [0.1, 0.15) is 69.4 Å². The van der Waals surface area contributed by atoms with Crippen LogP contribution in [0.5, 0.6) is 0 Å². The highest BCUT2D eigenvalue weighted by Crippen LogP contribution is 2.44. The minimum Gasteiger partial charge on any atom is -0.480 e. The number of amides is 2. The van der Waals surface area contributed by atoms with Crippen molar-refractivity contribution in [3.63, 3.8) is 0 Å². The van der Waals surface area contributed by atoms with Gasteiger partial charge in [-0.3, -0.25) is 4.79 Å². The van der Waals surface area contributed by atoms with E-state index in [1.165, 1.54) is 6.92 Å². The summed E-state index contributed by atoms with van der Waals surface area (Å²) in [5, 5.41) is 15.2. The quantitative estimate of drug-likeness (QED) is 0.494. The van der Waals surface area contributed by atoms with Crippen molar-refractivity contribution in [3.05, 3.63) is 59.7 Å². The smallest absolute Gasteiger partial charge is 0.407 e. The highest BCUT2D eigenvalue weighted by Gasteiger charge is 2.38. The molecule has 1 saturated carbocycles. The number of alkyl carbamates (subject to hydrolysis) is 1. The molecule has 0 aliphatic heterocycles. The number of ether oxygens (including phenoxy) is 1. The lowest BCUT2D eigenvalue weighted by Crippen LogP contribution is -2.56. The van der Waals surface area contributed by atoms with Crippen LogP contribution < -0.4 is 10.6 Å². The van der Waals surface area contributed by atoms with Gasteiger partial charge >= 0.3 is 12.1 Å². The maximum absolute atomic E-state index is 13.1. The van der Waals surface area contributed by atoms with Crippen LogP contribution in [0.15, 0.2) is 48.5 Å². The van der Waals surface area contributed by atoms with E-state index in [2.05, 4.69) is 34.9 Å². The Balaban J connectivity index is 1.43. The fourth-order valence-corrected chi connectivity index (χ4v) is 5.24. The van der Waals surface area contributed by atoms with E-state index in [0.717, 1.165) is 41.5 Å². The normalized spacial score (nSPS) is 21.1. The summed E-state index contributed by atoms with van der Waals surface area (Å²) < 4.78 is 5.70. The van der Waals surface area contributed by atoms with Crippen molar-refractivity contribution >= 4 is 18.0 Å². The number of hydrogen-bond donors (Lipinski definition) is 3. The molecule has 4 rings (SSSR count). The summed E-state index contributed by atoms with van der Waals surface area (Å²) in [4.78, 5) is 37.6. The molecule has 2 aliphatic carbocycles. The predicted molar refractivity (Wildman–Crippen MR) is 133 cm³/mol. The molecule has 3 atom stereocenters. The second kappa shape index (κ2) is 10.5. The molecule has 2 amide bonds. The Kier molecular flexibility index (Phi) is 7.43. The van der Waals surface area contributed by atoms with Crippen molar-refractivity contribution in [2.24, 2.45) is 5.92 Å². The molecule has 0 aromatic heterocycles. The maximum atomic E-state index is 13.1. The first kappa shape index (κ1) is 24.8. The van der Waals surface area contributed by atoms with E-state index in [1.807, 2.05) is 24.3 Å². The number of hydrogen-bond acceptors (Lipinski definition) is 4. The number of aliphatic carboxylic acids is 1. The lowest BCUT2D eigenvalue weighted by atomic mass is 9.91. The fourth-order valence-electron chi connectivity index (χ4n) is 5.24. The molecule has 0 heterocycles. The summed E-state index contributed by atoms with van der Waals surface area (Å²) >= 11 is 0. The molecule has 186 valence electrons. The zero-order chi connectivity index (χ0) is 25.0. The molecular weight excluding hydrogens is 444 g/mol. The highest BCUT2D eigenvalue weighted by atomic mass is 16.5. The Hall–Kier alpha value is -3.35. The zero-order valence-corrected chi connectivity index (χ0v) is 20.4. The monoisotopic (exact) mass is 478 g/mol. The Bertz CT molecular complexity index is 1050. The van der Waals surface area contributed by atoms with E-state index in [9.17, 15) is 19.5 Å². The van der Waals surface area contributed by atoms with Gasteiger partial charge in [0.15, 0.2) is 0 Å². The third-order valence-corrected chi connectivity index (χ3v) is 7.58. The lowest BCUT2D eigenvalue weighted by molar-refractivity contribution is -0.148. The van der Waals surface area contributed by atoms with Crippen molar-refractivity contribution in [2.45, 2.75) is 69.9 Å². The molecule has 2 aromatic carbocycles. The molecule has 3 N–H and O–H groups in total. The van der Waals surface area contributed by atoms with E-state index >= 15 is 0 Å². The number of benzene rings is 2. The Morgan fingerprint density at radius 3 is 2.17 bits per heavy atom. The molecule has 35 heavy (non-hydrogen) atoms. The summed E-state index contributed by atoms with van der Waals surface area (Å²) in [5.41, 5.74) is 3.27. The molecular formula is C28H34N2O5. The number of carboxylic acid groups (broad SMARTS) is 1. The van der Waals surface area contributed by atoms with Crippen molar-refractivity contribution < 1.29 is 24.2 Å². The van der Waals surface area contributed by atoms with Crippen LogP contribution >= 0.6 is 0 Å². The van der Waals surface area contributed by atoms with Gasteiger partial charge in [0.1, 0.15) is 12.1 Å². The average molecular weight is 479 g/mol. The third kappa shape index (κ3) is 5.19. The Morgan fingerprint density at radius 1 is 0.971 bits per heavy atom. The molecule has 7 heteroatoms. The van der Waals surface area contributed by atoms with Crippen molar-refractivity contribution in [2.75, 3.05) is 6.61 Å². The van der Waals surface area contributed by atoms with Crippen LogP contribution in [0.4, 0.5) is 4.79 Å². The number of fused-ring (bicyclic) bond motifs is 3. The molecule has 0 radical (unpaired) electrons. The topological polar surface area (TPSA) is 105 Å². The molecule has 2 aromatic rings. The lowest BCUT2D eigenvalue weighted by Gasteiger charge is -2.30. The Labute approximate surface area is 206 Å². The van der Waals surface area contributed by atoms with E-state index in [-0.39, 0.29) is 24.9 Å². The van der Waals surface area contributed by atoms with Crippen molar-refractivity contribution in [3.8, 4) is 11.1 Å². The van der Waals surface area contributed by atoms with E-state index in [1.54, 1.807) is 6.92 Å². The van der Waals surface area contributed by atoms with Gasteiger partial charge < -0.3 is 20.5 Å². The van der Waals surface area contributed by atoms with E-state index in [0.29, 0.717) is 12.8 Å². The number of carbonyl (C=O) groups excluding carboxylic acids is 2. The van der Waals surface area contributed by atoms with Gasteiger partial charge in [-0.25, -0.2) is 9.59 Å². The molecule has 1 fully saturated rings. The number of nitrogens with one attached hydrogen (secondary N) is 2. The van der Waals surface area contributed by atoms with Crippen LogP contribution in [0.2, 0.25) is 0 Å². The standard InChI is InChI=1S/C28H34N2O5/c1-3-28(2,26(32)33)30-25(31)22-15-5-4-6-16-24(22)29-27(34)35-17-23-20-13-9-7-11-18(20)19-12-8-10-14-21(19)23/h7-14,22-24H,3-6,15-17H2,1-2H3,(H,29,34)(H,30,31)(H,32,33). The molecule has 0 spiro atoms. The summed E-state index contributed by atoms with van der Waals surface area (Å²) in [5.74, 6) is -1.93. The number of rotatable bonds is 7.